The number of aromatic nitrogens is 4. The highest BCUT2D eigenvalue weighted by Gasteiger charge is 2.24. The van der Waals surface area contributed by atoms with Crippen molar-refractivity contribution in [1.82, 2.24) is 24.2 Å². The topological polar surface area (TPSA) is 76.2 Å². The number of rotatable bonds is 3. The van der Waals surface area contributed by atoms with Crippen LogP contribution < -0.4 is 5.56 Å². The Bertz CT molecular complexity index is 1380. The third-order valence-electron chi connectivity index (χ3n) is 6.97. The van der Waals surface area contributed by atoms with Crippen molar-refractivity contribution in [3.05, 3.63) is 52.6 Å². The van der Waals surface area contributed by atoms with Crippen LogP contribution in [0.4, 0.5) is 0 Å². The fraction of sp³-hybridized carbons (Fsp3) is 0.400. The van der Waals surface area contributed by atoms with E-state index < -0.39 is 0 Å². The van der Waals surface area contributed by atoms with Crippen LogP contribution in [0.2, 0.25) is 0 Å². The summed E-state index contributed by atoms with van der Waals surface area (Å²) in [5.41, 5.74) is 3.46. The molecule has 32 heavy (non-hydrogen) atoms. The van der Waals surface area contributed by atoms with E-state index in [1.54, 1.807) is 4.68 Å². The Morgan fingerprint density at radius 3 is 2.59 bits per heavy atom. The predicted octanol–water partition coefficient (Wildman–Crippen LogP) is 4.01. The molecule has 1 N–H and O–H groups in total. The molecule has 1 aromatic carbocycles. The molecule has 0 saturated heterocycles. The Morgan fingerprint density at radius 2 is 1.88 bits per heavy atom. The first-order valence-electron chi connectivity index (χ1n) is 11.2. The van der Waals surface area contributed by atoms with Gasteiger partial charge in [-0.05, 0) is 71.0 Å². The first-order chi connectivity index (χ1) is 15.3. The van der Waals surface area contributed by atoms with Gasteiger partial charge in [-0.3, -0.25) is 9.48 Å². The van der Waals surface area contributed by atoms with Crippen LogP contribution in [-0.2, 0) is 7.05 Å². The molecule has 3 heterocycles. The lowest BCUT2D eigenvalue weighted by molar-refractivity contribution is 0.194. The van der Waals surface area contributed by atoms with E-state index in [1.165, 1.54) is 0 Å². The largest absolute Gasteiger partial charge is 0.507 e. The summed E-state index contributed by atoms with van der Waals surface area (Å²) in [6.45, 7) is 1.86. The summed E-state index contributed by atoms with van der Waals surface area (Å²) in [5.74, 6) is 0.175. The molecule has 0 bridgehead atoms. The minimum absolute atomic E-state index is 0.0120. The monoisotopic (exact) mass is 431 g/mol. The van der Waals surface area contributed by atoms with Crippen LogP contribution in [0.1, 0.15) is 37.3 Å². The van der Waals surface area contributed by atoms with Gasteiger partial charge in [-0.1, -0.05) is 0 Å². The van der Waals surface area contributed by atoms with Crippen molar-refractivity contribution in [3.63, 3.8) is 0 Å². The second-order valence-corrected chi connectivity index (χ2v) is 9.22. The molecule has 1 fully saturated rings. The van der Waals surface area contributed by atoms with Crippen LogP contribution >= 0.6 is 0 Å². The standard InChI is InChI=1S/C25H29N5O2/c1-15-23-16(14-29(4)27-23)13-20(24(15)31)21-10-9-19-22(26-21)11-12-30(25(19)32)18-7-5-17(6-8-18)28(2)3/h9-14,17-18,31H,5-8H2,1-4H3/t17-,18-. The third kappa shape index (κ3) is 3.37. The number of pyridine rings is 2. The highest BCUT2D eigenvalue weighted by molar-refractivity contribution is 5.91. The van der Waals surface area contributed by atoms with E-state index in [9.17, 15) is 9.90 Å². The number of benzene rings is 1. The van der Waals surface area contributed by atoms with Crippen molar-refractivity contribution in [2.75, 3.05) is 14.1 Å². The summed E-state index contributed by atoms with van der Waals surface area (Å²) in [4.78, 5) is 20.3. The number of phenolic OH excluding ortho intramolecular Hbond substituents is 1. The number of nitrogens with zero attached hydrogens (tertiary/aromatic N) is 5. The molecule has 3 aromatic heterocycles. The molecule has 166 valence electrons. The van der Waals surface area contributed by atoms with Crippen molar-refractivity contribution in [2.24, 2.45) is 7.05 Å². The zero-order valence-electron chi connectivity index (χ0n) is 19.0. The summed E-state index contributed by atoms with van der Waals surface area (Å²) in [6.07, 6.45) is 8.05. The second kappa shape index (κ2) is 7.74. The zero-order chi connectivity index (χ0) is 22.6. The van der Waals surface area contributed by atoms with Gasteiger partial charge < -0.3 is 14.6 Å². The molecule has 0 unspecified atom stereocenters. The lowest BCUT2D eigenvalue weighted by atomic mass is 9.90. The van der Waals surface area contributed by atoms with Gasteiger partial charge in [0.15, 0.2) is 0 Å². The molecular weight excluding hydrogens is 402 g/mol. The maximum atomic E-state index is 13.2. The molecule has 1 aliphatic rings. The number of hydrogen-bond donors (Lipinski definition) is 1. The van der Waals surface area contributed by atoms with Gasteiger partial charge in [-0.15, -0.1) is 0 Å². The Kier molecular flexibility index (Phi) is 5.01. The van der Waals surface area contributed by atoms with Crippen molar-refractivity contribution in [2.45, 2.75) is 44.7 Å². The minimum atomic E-state index is 0.0120. The molecule has 5 rings (SSSR count). The molecule has 7 nitrogen and oxygen atoms in total. The molecule has 0 amide bonds. The average molecular weight is 432 g/mol. The summed E-state index contributed by atoms with van der Waals surface area (Å²) >= 11 is 0. The van der Waals surface area contributed by atoms with E-state index >= 15 is 0 Å². The minimum Gasteiger partial charge on any atom is -0.507 e. The maximum absolute atomic E-state index is 13.2. The normalized spacial score (nSPS) is 19.3. The Morgan fingerprint density at radius 1 is 1.12 bits per heavy atom. The van der Waals surface area contributed by atoms with Gasteiger partial charge in [-0.2, -0.15) is 5.10 Å². The van der Waals surface area contributed by atoms with Crippen molar-refractivity contribution < 1.29 is 5.11 Å². The first kappa shape index (κ1) is 20.7. The van der Waals surface area contributed by atoms with Crippen LogP contribution in [0.5, 0.6) is 5.75 Å². The predicted molar refractivity (Wildman–Crippen MR) is 127 cm³/mol. The molecular formula is C25H29N5O2. The van der Waals surface area contributed by atoms with Crippen molar-refractivity contribution in [1.29, 1.82) is 0 Å². The molecule has 0 radical (unpaired) electrons. The molecule has 7 heteroatoms. The number of phenols is 1. The Hall–Kier alpha value is -3.19. The number of aromatic hydroxyl groups is 1. The summed E-state index contributed by atoms with van der Waals surface area (Å²) in [5, 5.41) is 16.8. The summed E-state index contributed by atoms with van der Waals surface area (Å²) in [6, 6.07) is 8.33. The van der Waals surface area contributed by atoms with Gasteiger partial charge in [0.25, 0.3) is 5.56 Å². The summed E-state index contributed by atoms with van der Waals surface area (Å²) in [7, 11) is 6.12. The van der Waals surface area contributed by atoms with Gasteiger partial charge in [0, 0.05) is 48.0 Å². The van der Waals surface area contributed by atoms with Gasteiger partial charge >= 0.3 is 0 Å². The highest BCUT2D eigenvalue weighted by atomic mass is 16.3. The zero-order valence-corrected chi connectivity index (χ0v) is 19.0. The van der Waals surface area contributed by atoms with Gasteiger partial charge in [-0.25, -0.2) is 4.98 Å². The highest BCUT2D eigenvalue weighted by Crippen LogP contribution is 2.36. The molecule has 1 saturated carbocycles. The van der Waals surface area contributed by atoms with E-state index in [-0.39, 0.29) is 17.4 Å². The van der Waals surface area contributed by atoms with Gasteiger partial charge in [0.2, 0.25) is 0 Å². The number of hydrogen-bond acceptors (Lipinski definition) is 5. The van der Waals surface area contributed by atoms with Crippen LogP contribution in [-0.4, -0.2) is 49.5 Å². The van der Waals surface area contributed by atoms with E-state index in [0.29, 0.717) is 28.2 Å². The second-order valence-electron chi connectivity index (χ2n) is 9.22. The third-order valence-corrected chi connectivity index (χ3v) is 6.97. The van der Waals surface area contributed by atoms with E-state index in [0.717, 1.165) is 42.1 Å². The average Bonchev–Trinajstić information content (AvgIpc) is 3.17. The lowest BCUT2D eigenvalue weighted by Gasteiger charge is -2.33. The van der Waals surface area contributed by atoms with Gasteiger partial charge in [0.1, 0.15) is 5.75 Å². The fourth-order valence-electron chi connectivity index (χ4n) is 5.07. The SMILES string of the molecule is Cc1c(O)c(-c2ccc3c(=O)n([C@H]4CC[C@H](N(C)C)CC4)ccc3n2)cc2cn(C)nc12. The van der Waals surface area contributed by atoms with Gasteiger partial charge in [0.05, 0.1) is 22.1 Å². The number of aryl methyl sites for hydroxylation is 2. The van der Waals surface area contributed by atoms with Crippen LogP contribution in [0.3, 0.4) is 0 Å². The van der Waals surface area contributed by atoms with Crippen LogP contribution in [0.15, 0.2) is 41.5 Å². The lowest BCUT2D eigenvalue weighted by Crippen LogP contribution is -2.35. The fourth-order valence-corrected chi connectivity index (χ4v) is 5.07. The first-order valence-corrected chi connectivity index (χ1v) is 11.2. The number of fused-ring (bicyclic) bond motifs is 2. The molecule has 1 aliphatic carbocycles. The van der Waals surface area contributed by atoms with Crippen molar-refractivity contribution >= 4 is 21.8 Å². The molecule has 0 spiro atoms. The van der Waals surface area contributed by atoms with E-state index in [2.05, 4.69) is 24.1 Å². The quantitative estimate of drug-likeness (QED) is 0.530. The van der Waals surface area contributed by atoms with E-state index in [1.807, 2.05) is 55.2 Å². The van der Waals surface area contributed by atoms with Crippen LogP contribution in [0.25, 0.3) is 33.1 Å². The summed E-state index contributed by atoms with van der Waals surface area (Å²) < 4.78 is 3.63. The van der Waals surface area contributed by atoms with Crippen molar-refractivity contribution in [3.8, 4) is 17.0 Å². The van der Waals surface area contributed by atoms with E-state index in [4.69, 9.17) is 4.98 Å². The Labute approximate surface area is 186 Å². The molecule has 0 aliphatic heterocycles. The molecule has 4 aromatic rings. The maximum Gasteiger partial charge on any atom is 0.260 e. The smallest absolute Gasteiger partial charge is 0.260 e. The molecule has 0 atom stereocenters. The van der Waals surface area contributed by atoms with Crippen LogP contribution in [0, 0.1) is 6.92 Å². The Balaban J connectivity index is 1.52.